The van der Waals surface area contributed by atoms with Crippen LogP contribution in [0.1, 0.15) is 11.3 Å². The molecule has 1 aliphatic heterocycles. The summed E-state index contributed by atoms with van der Waals surface area (Å²) in [6.45, 7) is 3.14. The number of benzene rings is 1. The number of hydrogen-bond donors (Lipinski definition) is 1. The molecule has 0 aliphatic carbocycles. The van der Waals surface area contributed by atoms with Crippen LogP contribution in [0.2, 0.25) is 0 Å². The Hall–Kier alpha value is -3.59. The van der Waals surface area contributed by atoms with E-state index in [1.54, 1.807) is 24.4 Å². The van der Waals surface area contributed by atoms with E-state index in [9.17, 15) is 4.39 Å². The monoisotopic (exact) mass is 422 g/mol. The van der Waals surface area contributed by atoms with Gasteiger partial charge in [0.05, 0.1) is 26.0 Å². The van der Waals surface area contributed by atoms with E-state index in [4.69, 9.17) is 9.47 Å². The van der Waals surface area contributed by atoms with Gasteiger partial charge < -0.3 is 14.4 Å². The van der Waals surface area contributed by atoms with Gasteiger partial charge in [0.15, 0.2) is 5.82 Å². The van der Waals surface area contributed by atoms with E-state index in [0.717, 1.165) is 24.6 Å². The molecule has 2 aromatic heterocycles. The normalized spacial score (nSPS) is 14.0. The van der Waals surface area contributed by atoms with Crippen LogP contribution in [0.5, 0.6) is 6.01 Å². The standard InChI is InChI=1S/C22H23FN6O2/c23-18-5-3-4-17(14-18)16-25-28-20-15-21(29-9-12-30-13-10-29)27-22(26-20)31-11-7-19-6-1-2-8-24-19/h1-6,8,14-16H,7,9-13H2,(H,26,27,28). The van der Waals surface area contributed by atoms with E-state index >= 15 is 0 Å². The van der Waals surface area contributed by atoms with Crippen molar-refractivity contribution in [3.05, 3.63) is 71.8 Å². The zero-order valence-electron chi connectivity index (χ0n) is 16.9. The van der Waals surface area contributed by atoms with Crippen LogP contribution in [-0.4, -0.2) is 54.1 Å². The number of rotatable bonds is 8. The maximum Gasteiger partial charge on any atom is 0.320 e. The first-order valence-corrected chi connectivity index (χ1v) is 10.1. The second-order valence-electron chi connectivity index (χ2n) is 6.84. The van der Waals surface area contributed by atoms with Crippen LogP contribution in [0.15, 0.2) is 59.8 Å². The molecule has 160 valence electrons. The summed E-state index contributed by atoms with van der Waals surface area (Å²) in [6.07, 6.45) is 3.93. The molecule has 3 aromatic rings. The summed E-state index contributed by atoms with van der Waals surface area (Å²) in [7, 11) is 0. The number of ether oxygens (including phenoxy) is 2. The number of nitrogens with one attached hydrogen (secondary N) is 1. The summed E-state index contributed by atoms with van der Waals surface area (Å²) in [5.74, 6) is 0.899. The van der Waals surface area contributed by atoms with Gasteiger partial charge in [-0.05, 0) is 29.8 Å². The Morgan fingerprint density at radius 2 is 2.03 bits per heavy atom. The third kappa shape index (κ3) is 6.19. The molecule has 1 fully saturated rings. The topological polar surface area (TPSA) is 84.8 Å². The predicted octanol–water partition coefficient (Wildman–Crippen LogP) is 2.91. The summed E-state index contributed by atoms with van der Waals surface area (Å²) in [4.78, 5) is 15.3. The lowest BCUT2D eigenvalue weighted by Crippen LogP contribution is -2.36. The first-order chi connectivity index (χ1) is 15.3. The summed E-state index contributed by atoms with van der Waals surface area (Å²) >= 11 is 0. The van der Waals surface area contributed by atoms with Crippen molar-refractivity contribution in [1.29, 1.82) is 0 Å². The van der Waals surface area contributed by atoms with Crippen molar-refractivity contribution in [1.82, 2.24) is 15.0 Å². The maximum absolute atomic E-state index is 13.3. The average molecular weight is 422 g/mol. The highest BCUT2D eigenvalue weighted by atomic mass is 19.1. The van der Waals surface area contributed by atoms with Crippen LogP contribution in [0.3, 0.4) is 0 Å². The Balaban J connectivity index is 1.46. The van der Waals surface area contributed by atoms with E-state index in [1.165, 1.54) is 18.3 Å². The van der Waals surface area contributed by atoms with Crippen LogP contribution in [-0.2, 0) is 11.2 Å². The molecule has 1 aromatic carbocycles. The Bertz CT molecular complexity index is 1010. The summed E-state index contributed by atoms with van der Waals surface area (Å²) < 4.78 is 24.6. The van der Waals surface area contributed by atoms with Gasteiger partial charge in [0, 0.05) is 37.5 Å². The highest BCUT2D eigenvalue weighted by molar-refractivity contribution is 5.80. The van der Waals surface area contributed by atoms with Crippen molar-refractivity contribution in [3.63, 3.8) is 0 Å². The minimum Gasteiger partial charge on any atom is -0.463 e. The number of hydrogen-bond acceptors (Lipinski definition) is 8. The number of morpholine rings is 1. The summed E-state index contributed by atoms with van der Waals surface area (Å²) in [5, 5.41) is 4.17. The predicted molar refractivity (Wildman–Crippen MR) is 116 cm³/mol. The zero-order valence-corrected chi connectivity index (χ0v) is 16.9. The molecular formula is C22H23FN6O2. The van der Waals surface area contributed by atoms with Crippen LogP contribution < -0.4 is 15.1 Å². The van der Waals surface area contributed by atoms with Crippen molar-refractivity contribution in [2.75, 3.05) is 43.2 Å². The number of nitrogens with zero attached hydrogens (tertiary/aromatic N) is 5. The SMILES string of the molecule is Fc1cccc(C=NNc2cc(N3CCOCC3)nc(OCCc3ccccn3)n2)c1. The number of pyridine rings is 1. The molecule has 9 heteroatoms. The lowest BCUT2D eigenvalue weighted by Gasteiger charge is -2.28. The minimum absolute atomic E-state index is 0.253. The third-order valence-electron chi connectivity index (χ3n) is 4.58. The van der Waals surface area contributed by atoms with Gasteiger partial charge in [0.25, 0.3) is 0 Å². The van der Waals surface area contributed by atoms with Gasteiger partial charge in [-0.3, -0.25) is 10.4 Å². The van der Waals surface area contributed by atoms with E-state index in [2.05, 4.69) is 30.4 Å². The molecule has 1 saturated heterocycles. The van der Waals surface area contributed by atoms with Crippen molar-refractivity contribution < 1.29 is 13.9 Å². The maximum atomic E-state index is 13.3. The molecule has 1 N–H and O–H groups in total. The Morgan fingerprint density at radius 3 is 2.84 bits per heavy atom. The van der Waals surface area contributed by atoms with Gasteiger partial charge >= 0.3 is 6.01 Å². The number of anilines is 2. The highest BCUT2D eigenvalue weighted by Crippen LogP contribution is 2.20. The van der Waals surface area contributed by atoms with E-state index in [1.807, 2.05) is 18.2 Å². The summed E-state index contributed by atoms with van der Waals surface area (Å²) in [6, 6.07) is 14.0. The van der Waals surface area contributed by atoms with Gasteiger partial charge in [-0.1, -0.05) is 18.2 Å². The molecule has 31 heavy (non-hydrogen) atoms. The number of hydrazone groups is 1. The molecule has 0 saturated carbocycles. The molecule has 0 spiro atoms. The van der Waals surface area contributed by atoms with Crippen LogP contribution in [0.4, 0.5) is 16.0 Å². The lowest BCUT2D eigenvalue weighted by atomic mass is 10.2. The van der Waals surface area contributed by atoms with Crippen LogP contribution >= 0.6 is 0 Å². The quantitative estimate of drug-likeness (QED) is 0.441. The fourth-order valence-electron chi connectivity index (χ4n) is 3.04. The molecule has 4 rings (SSSR count). The molecule has 8 nitrogen and oxygen atoms in total. The van der Waals surface area contributed by atoms with Crippen LogP contribution in [0, 0.1) is 5.82 Å². The highest BCUT2D eigenvalue weighted by Gasteiger charge is 2.15. The van der Waals surface area contributed by atoms with Crippen molar-refractivity contribution in [2.45, 2.75) is 6.42 Å². The molecule has 1 aliphatic rings. The molecule has 0 atom stereocenters. The molecular weight excluding hydrogens is 399 g/mol. The molecule has 0 radical (unpaired) electrons. The largest absolute Gasteiger partial charge is 0.463 e. The van der Waals surface area contributed by atoms with E-state index < -0.39 is 0 Å². The lowest BCUT2D eigenvalue weighted by molar-refractivity contribution is 0.122. The van der Waals surface area contributed by atoms with E-state index in [-0.39, 0.29) is 11.8 Å². The van der Waals surface area contributed by atoms with E-state index in [0.29, 0.717) is 37.6 Å². The van der Waals surface area contributed by atoms with Gasteiger partial charge in [-0.2, -0.15) is 15.1 Å². The molecule has 0 unspecified atom stereocenters. The van der Waals surface area contributed by atoms with Gasteiger partial charge in [-0.15, -0.1) is 0 Å². The smallest absolute Gasteiger partial charge is 0.320 e. The number of aromatic nitrogens is 3. The number of halogens is 1. The molecule has 0 bridgehead atoms. The first-order valence-electron chi connectivity index (χ1n) is 10.1. The average Bonchev–Trinajstić information content (AvgIpc) is 2.80. The van der Waals surface area contributed by atoms with Gasteiger partial charge in [0.2, 0.25) is 0 Å². The van der Waals surface area contributed by atoms with Crippen molar-refractivity contribution in [3.8, 4) is 6.01 Å². The van der Waals surface area contributed by atoms with Gasteiger partial charge in [0.1, 0.15) is 11.6 Å². The molecule has 3 heterocycles. The van der Waals surface area contributed by atoms with Gasteiger partial charge in [-0.25, -0.2) is 4.39 Å². The second kappa shape index (κ2) is 10.4. The van der Waals surface area contributed by atoms with Crippen molar-refractivity contribution in [2.24, 2.45) is 5.10 Å². The second-order valence-corrected chi connectivity index (χ2v) is 6.84. The fourth-order valence-corrected chi connectivity index (χ4v) is 3.04. The zero-order chi connectivity index (χ0) is 21.3. The Labute approximate surface area is 179 Å². The Kier molecular flexibility index (Phi) is 6.96. The fraction of sp³-hybridized carbons (Fsp3) is 0.273. The first kappa shape index (κ1) is 20.7. The van der Waals surface area contributed by atoms with Crippen LogP contribution in [0.25, 0.3) is 0 Å². The summed E-state index contributed by atoms with van der Waals surface area (Å²) in [5.41, 5.74) is 4.46. The third-order valence-corrected chi connectivity index (χ3v) is 4.58. The Morgan fingerprint density at radius 1 is 1.13 bits per heavy atom. The van der Waals surface area contributed by atoms with Crippen molar-refractivity contribution >= 4 is 17.9 Å². The minimum atomic E-state index is -0.316. The molecule has 0 amide bonds.